The highest BCUT2D eigenvalue weighted by Crippen LogP contribution is 2.31. The predicted molar refractivity (Wildman–Crippen MR) is 124 cm³/mol. The van der Waals surface area contributed by atoms with Crippen LogP contribution in [0.4, 0.5) is 4.39 Å². The van der Waals surface area contributed by atoms with E-state index in [4.69, 9.17) is 16.1 Å². The molecule has 5 rings (SSSR count). The second-order valence-corrected chi connectivity index (χ2v) is 11.5. The molecule has 6 nitrogen and oxygen atoms in total. The number of fused-ring (bicyclic) bond motifs is 2. The number of nitrogens with one attached hydrogen (secondary N) is 1. The number of benzene rings is 2. The topological polar surface area (TPSA) is 75.4 Å². The highest BCUT2D eigenvalue weighted by Gasteiger charge is 2.28. The molecule has 10 heteroatoms. The molecule has 1 fully saturated rings. The van der Waals surface area contributed by atoms with Gasteiger partial charge in [-0.2, -0.15) is 0 Å². The van der Waals surface area contributed by atoms with Crippen molar-refractivity contribution in [2.45, 2.75) is 29.5 Å². The van der Waals surface area contributed by atoms with Gasteiger partial charge in [0, 0.05) is 33.8 Å². The minimum Gasteiger partial charge on any atom is -0.356 e. The van der Waals surface area contributed by atoms with E-state index in [1.807, 2.05) is 6.07 Å². The van der Waals surface area contributed by atoms with Gasteiger partial charge in [-0.05, 0) is 68.1 Å². The van der Waals surface area contributed by atoms with Crippen LogP contribution in [0.5, 0.6) is 0 Å². The Morgan fingerprint density at radius 3 is 3.00 bits per heavy atom. The zero-order chi connectivity index (χ0) is 22.3. The second kappa shape index (κ2) is 8.72. The summed E-state index contributed by atoms with van der Waals surface area (Å²) < 4.78 is 48.3. The molecular formula is C22H21ClFN3O3S2. The van der Waals surface area contributed by atoms with Gasteiger partial charge in [0.15, 0.2) is 5.58 Å². The molecular weight excluding hydrogens is 473 g/mol. The Kier molecular flexibility index (Phi) is 5.94. The van der Waals surface area contributed by atoms with Gasteiger partial charge in [0.2, 0.25) is 10.0 Å². The van der Waals surface area contributed by atoms with Crippen LogP contribution in [-0.2, 0) is 16.4 Å². The Labute approximate surface area is 194 Å². The zero-order valence-corrected chi connectivity index (χ0v) is 19.4. The quantitative estimate of drug-likeness (QED) is 0.399. The molecule has 1 atom stereocenters. The number of thiophene rings is 1. The number of aromatic nitrogens is 1. The summed E-state index contributed by atoms with van der Waals surface area (Å²) >= 11 is 7.25. The number of rotatable bonds is 7. The lowest BCUT2D eigenvalue weighted by Crippen LogP contribution is -2.36. The van der Waals surface area contributed by atoms with E-state index in [1.54, 1.807) is 24.3 Å². The van der Waals surface area contributed by atoms with E-state index in [0.29, 0.717) is 21.4 Å². The molecule has 1 aliphatic rings. The first kappa shape index (κ1) is 21.8. The number of hydrogen-bond donors (Lipinski definition) is 1. The minimum absolute atomic E-state index is 0.121. The van der Waals surface area contributed by atoms with Gasteiger partial charge in [0.25, 0.3) is 0 Å². The smallest absolute Gasteiger partial charge is 0.250 e. The van der Waals surface area contributed by atoms with Crippen LogP contribution in [0.25, 0.3) is 21.1 Å². The Morgan fingerprint density at radius 2 is 2.12 bits per heavy atom. The standard InChI is InChI=1S/C22H21ClFN3O3S2/c23-15-4-3-14-10-22(31-21(14)11-15)32(28,29)26-17-7-9-27(13-17)8-1-2-19-18-6-5-16(24)12-20(18)30-25-19/h3-6,10-12,17,26H,1-2,7-9,13H2/t17-/m0/s1. The van der Waals surface area contributed by atoms with Crippen LogP contribution >= 0.6 is 22.9 Å². The molecule has 32 heavy (non-hydrogen) atoms. The lowest BCUT2D eigenvalue weighted by atomic mass is 10.1. The van der Waals surface area contributed by atoms with Gasteiger partial charge in [-0.3, -0.25) is 0 Å². The Morgan fingerprint density at radius 1 is 1.25 bits per heavy atom. The minimum atomic E-state index is -3.58. The van der Waals surface area contributed by atoms with E-state index in [1.165, 1.54) is 23.5 Å². The maximum absolute atomic E-state index is 13.3. The fourth-order valence-corrected chi connectivity index (χ4v) is 7.09. The molecule has 4 aromatic rings. The van der Waals surface area contributed by atoms with Crippen LogP contribution in [0.1, 0.15) is 18.5 Å². The lowest BCUT2D eigenvalue weighted by Gasteiger charge is -2.16. The summed E-state index contributed by atoms with van der Waals surface area (Å²) in [6.07, 6.45) is 2.34. The van der Waals surface area contributed by atoms with Crippen LogP contribution in [0.15, 0.2) is 51.2 Å². The molecule has 0 bridgehead atoms. The Bertz CT molecular complexity index is 1390. The van der Waals surface area contributed by atoms with Crippen molar-refractivity contribution >= 4 is 54.0 Å². The molecule has 3 heterocycles. The van der Waals surface area contributed by atoms with Crippen LogP contribution in [0.3, 0.4) is 0 Å². The normalized spacial score (nSPS) is 17.6. The summed E-state index contributed by atoms with van der Waals surface area (Å²) in [6.45, 7) is 2.33. The molecule has 2 aromatic heterocycles. The highest BCUT2D eigenvalue weighted by molar-refractivity contribution is 7.91. The van der Waals surface area contributed by atoms with Gasteiger partial charge >= 0.3 is 0 Å². The van der Waals surface area contributed by atoms with Gasteiger partial charge in [-0.25, -0.2) is 17.5 Å². The summed E-state index contributed by atoms with van der Waals surface area (Å²) in [6, 6.07) is 11.4. The summed E-state index contributed by atoms with van der Waals surface area (Å²) in [5.74, 6) is -0.342. The molecule has 168 valence electrons. The number of aryl methyl sites for hydroxylation is 1. The van der Waals surface area contributed by atoms with Gasteiger partial charge in [0.1, 0.15) is 10.0 Å². The highest BCUT2D eigenvalue weighted by atomic mass is 35.5. The van der Waals surface area contributed by atoms with E-state index in [9.17, 15) is 12.8 Å². The molecule has 1 N–H and O–H groups in total. The third-order valence-corrected chi connectivity index (χ3v) is 9.04. The molecule has 0 radical (unpaired) electrons. The van der Waals surface area contributed by atoms with Crippen molar-refractivity contribution in [2.75, 3.05) is 19.6 Å². The summed E-state index contributed by atoms with van der Waals surface area (Å²) in [5, 5.41) is 6.36. The van der Waals surface area contributed by atoms with Crippen molar-refractivity contribution in [3.63, 3.8) is 0 Å². The van der Waals surface area contributed by atoms with Gasteiger partial charge in [-0.15, -0.1) is 11.3 Å². The Hall–Kier alpha value is -2.04. The first-order valence-corrected chi connectivity index (χ1v) is 13.0. The number of sulfonamides is 1. The summed E-state index contributed by atoms with van der Waals surface area (Å²) in [4.78, 5) is 2.25. The lowest BCUT2D eigenvalue weighted by molar-refractivity contribution is 0.326. The first-order chi connectivity index (χ1) is 15.4. The van der Waals surface area contributed by atoms with Crippen molar-refractivity contribution < 1.29 is 17.3 Å². The van der Waals surface area contributed by atoms with E-state index >= 15 is 0 Å². The fraction of sp³-hybridized carbons (Fsp3) is 0.318. The molecule has 2 aromatic carbocycles. The van der Waals surface area contributed by atoms with Gasteiger partial charge in [0.05, 0.1) is 5.69 Å². The van der Waals surface area contributed by atoms with Crippen LogP contribution < -0.4 is 4.72 Å². The van der Waals surface area contributed by atoms with Crippen molar-refractivity contribution in [1.82, 2.24) is 14.8 Å². The van der Waals surface area contributed by atoms with Crippen molar-refractivity contribution in [1.29, 1.82) is 0 Å². The van der Waals surface area contributed by atoms with Crippen LogP contribution in [-0.4, -0.2) is 44.2 Å². The number of likely N-dealkylation sites (tertiary alicyclic amines) is 1. The van der Waals surface area contributed by atoms with E-state index in [2.05, 4.69) is 14.8 Å². The predicted octanol–water partition coefficient (Wildman–Crippen LogP) is 4.82. The first-order valence-electron chi connectivity index (χ1n) is 10.3. The van der Waals surface area contributed by atoms with Crippen molar-refractivity contribution in [2.24, 2.45) is 0 Å². The maximum Gasteiger partial charge on any atom is 0.250 e. The molecule has 0 spiro atoms. The van der Waals surface area contributed by atoms with Crippen LogP contribution in [0, 0.1) is 5.82 Å². The molecule has 0 aliphatic carbocycles. The molecule has 1 saturated heterocycles. The monoisotopic (exact) mass is 493 g/mol. The van der Waals surface area contributed by atoms with Crippen molar-refractivity contribution in [3.05, 3.63) is 59.0 Å². The molecule has 0 unspecified atom stereocenters. The zero-order valence-electron chi connectivity index (χ0n) is 17.1. The molecule has 1 aliphatic heterocycles. The number of hydrogen-bond acceptors (Lipinski definition) is 6. The average Bonchev–Trinajstić information content (AvgIpc) is 3.46. The largest absolute Gasteiger partial charge is 0.356 e. The van der Waals surface area contributed by atoms with E-state index < -0.39 is 10.0 Å². The third kappa shape index (κ3) is 4.53. The van der Waals surface area contributed by atoms with Crippen LogP contribution in [0.2, 0.25) is 5.02 Å². The summed E-state index contributed by atoms with van der Waals surface area (Å²) in [5.41, 5.74) is 1.28. The van der Waals surface area contributed by atoms with Gasteiger partial charge in [-0.1, -0.05) is 22.8 Å². The van der Waals surface area contributed by atoms with E-state index in [-0.39, 0.29) is 11.9 Å². The van der Waals surface area contributed by atoms with Gasteiger partial charge < -0.3 is 9.42 Å². The number of nitrogens with zero attached hydrogens (tertiary/aromatic N) is 2. The maximum atomic E-state index is 13.3. The third-order valence-electron chi connectivity index (χ3n) is 5.72. The Balaban J connectivity index is 1.16. The SMILES string of the molecule is O=S(=O)(N[C@H]1CCN(CCCc2noc3cc(F)ccc23)C1)c1cc2ccc(Cl)cc2s1. The number of halogens is 2. The van der Waals surface area contributed by atoms with E-state index in [0.717, 1.165) is 53.5 Å². The fourth-order valence-electron chi connectivity index (χ4n) is 4.14. The summed E-state index contributed by atoms with van der Waals surface area (Å²) in [7, 11) is -3.58. The molecule has 0 saturated carbocycles. The molecule has 0 amide bonds. The van der Waals surface area contributed by atoms with Crippen molar-refractivity contribution in [3.8, 4) is 0 Å². The second-order valence-electron chi connectivity index (χ2n) is 8.03. The average molecular weight is 494 g/mol.